The Morgan fingerprint density at radius 1 is 1.29 bits per heavy atom. The number of hydrogen-bond donors (Lipinski definition) is 1. The second-order valence-corrected chi connectivity index (χ2v) is 10.7. The molecule has 1 unspecified atom stereocenters. The summed E-state index contributed by atoms with van der Waals surface area (Å²) in [5.74, 6) is -0.156. The van der Waals surface area contributed by atoms with E-state index in [4.69, 9.17) is 4.74 Å². The zero-order chi connectivity index (χ0) is 20.5. The van der Waals surface area contributed by atoms with Gasteiger partial charge in [0.25, 0.3) is 0 Å². The van der Waals surface area contributed by atoms with E-state index in [-0.39, 0.29) is 41.2 Å². The van der Waals surface area contributed by atoms with Crippen molar-refractivity contribution in [3.63, 3.8) is 0 Å². The van der Waals surface area contributed by atoms with E-state index < -0.39 is 11.5 Å². The van der Waals surface area contributed by atoms with Gasteiger partial charge in [0.05, 0.1) is 23.2 Å². The molecule has 1 saturated heterocycles. The standard InChI is InChI=1S/C24H34O4/c1-14(2)8-17-9-15(3)24(28-17)7-6-22(4)11-18-21(16(13-25)10-20(22)24)19(26)12-23(18,5)27/h8,10,13,15,17-18,20-21,27H,6-7,9,11-12H2,1-5H3/t15-,17-,18-,20?,21+,22+,23+,24-/m0/s1. The van der Waals surface area contributed by atoms with Gasteiger partial charge in [0, 0.05) is 18.3 Å². The average Bonchev–Trinajstić information content (AvgIpc) is 3.06. The molecule has 4 aliphatic rings. The average molecular weight is 387 g/mol. The number of aldehydes is 1. The molecule has 3 aliphatic carbocycles. The van der Waals surface area contributed by atoms with Crippen LogP contribution in [0.25, 0.3) is 0 Å². The Morgan fingerprint density at radius 3 is 2.64 bits per heavy atom. The van der Waals surface area contributed by atoms with Crippen molar-refractivity contribution in [1.82, 2.24) is 0 Å². The molecule has 0 aromatic heterocycles. The molecular formula is C24H34O4. The topological polar surface area (TPSA) is 63.6 Å². The quantitative estimate of drug-likeness (QED) is 0.575. The Kier molecular flexibility index (Phi) is 4.56. The molecule has 0 radical (unpaired) electrons. The fourth-order valence-electron chi connectivity index (χ4n) is 6.95. The van der Waals surface area contributed by atoms with Crippen LogP contribution in [0.1, 0.15) is 66.7 Å². The third-order valence-electron chi connectivity index (χ3n) is 8.29. The number of ketones is 1. The summed E-state index contributed by atoms with van der Waals surface area (Å²) in [6, 6.07) is 0. The molecule has 154 valence electrons. The van der Waals surface area contributed by atoms with E-state index in [0.717, 1.165) is 32.0 Å². The molecule has 0 aromatic carbocycles. The fourth-order valence-corrected chi connectivity index (χ4v) is 6.95. The predicted octanol–water partition coefficient (Wildman–Crippen LogP) is 4.02. The highest BCUT2D eigenvalue weighted by Crippen LogP contribution is 2.64. The Labute approximate surface area is 168 Å². The minimum absolute atomic E-state index is 0.00813. The van der Waals surface area contributed by atoms with Gasteiger partial charge in [-0.05, 0) is 63.4 Å². The van der Waals surface area contributed by atoms with Crippen LogP contribution in [0.3, 0.4) is 0 Å². The molecule has 4 rings (SSSR count). The molecule has 8 atom stereocenters. The van der Waals surface area contributed by atoms with Gasteiger partial charge in [-0.1, -0.05) is 31.6 Å². The summed E-state index contributed by atoms with van der Waals surface area (Å²) in [4.78, 5) is 24.8. The SMILES string of the molecule is CC(C)=C[C@H]1C[C@H](C)[C@]2(CC[C@]3(C)C[C@H]4[C@H](C(=O)C[C@@]4(C)O)C(C=O)=CC32)O1. The first-order chi connectivity index (χ1) is 13.0. The lowest BCUT2D eigenvalue weighted by Crippen LogP contribution is -2.43. The highest BCUT2D eigenvalue weighted by Gasteiger charge is 2.64. The monoisotopic (exact) mass is 386 g/mol. The van der Waals surface area contributed by atoms with Crippen LogP contribution in [0, 0.1) is 29.1 Å². The molecular weight excluding hydrogens is 352 g/mol. The van der Waals surface area contributed by atoms with Gasteiger partial charge < -0.3 is 9.84 Å². The van der Waals surface area contributed by atoms with Gasteiger partial charge in [0.2, 0.25) is 0 Å². The molecule has 4 nitrogen and oxygen atoms in total. The second-order valence-electron chi connectivity index (χ2n) is 10.7. The van der Waals surface area contributed by atoms with Crippen LogP contribution in [0.5, 0.6) is 0 Å². The van der Waals surface area contributed by atoms with E-state index in [1.807, 2.05) is 0 Å². The normalized spacial score (nSPS) is 50.1. The van der Waals surface area contributed by atoms with Crippen molar-refractivity contribution in [2.45, 2.75) is 84.0 Å². The van der Waals surface area contributed by atoms with Gasteiger partial charge in [-0.25, -0.2) is 0 Å². The number of allylic oxidation sites excluding steroid dienone is 2. The van der Waals surface area contributed by atoms with Crippen LogP contribution in [-0.4, -0.2) is 34.5 Å². The third kappa shape index (κ3) is 2.79. The number of rotatable bonds is 2. The van der Waals surface area contributed by atoms with Crippen LogP contribution in [0.15, 0.2) is 23.3 Å². The number of hydrogen-bond acceptors (Lipinski definition) is 4. The lowest BCUT2D eigenvalue weighted by atomic mass is 9.67. The lowest BCUT2D eigenvalue weighted by molar-refractivity contribution is -0.121. The Bertz CT molecular complexity index is 759. The van der Waals surface area contributed by atoms with E-state index in [2.05, 4.69) is 39.8 Å². The smallest absolute Gasteiger partial charge is 0.146 e. The molecule has 28 heavy (non-hydrogen) atoms. The van der Waals surface area contributed by atoms with Crippen LogP contribution in [-0.2, 0) is 14.3 Å². The molecule has 3 fully saturated rings. The highest BCUT2D eigenvalue weighted by atomic mass is 16.5. The maximum Gasteiger partial charge on any atom is 0.146 e. The van der Waals surface area contributed by atoms with E-state index >= 15 is 0 Å². The number of carbonyl (C=O) groups excluding carboxylic acids is 2. The van der Waals surface area contributed by atoms with Gasteiger partial charge in [-0.3, -0.25) is 9.59 Å². The van der Waals surface area contributed by atoms with Crippen molar-refractivity contribution in [1.29, 1.82) is 0 Å². The summed E-state index contributed by atoms with van der Waals surface area (Å²) in [6.45, 7) is 10.5. The Balaban J connectivity index is 1.78. The zero-order valence-electron chi connectivity index (χ0n) is 17.8. The zero-order valence-corrected chi connectivity index (χ0v) is 17.8. The molecule has 0 amide bonds. The summed E-state index contributed by atoms with van der Waals surface area (Å²) >= 11 is 0. The lowest BCUT2D eigenvalue weighted by Gasteiger charge is -2.41. The number of aliphatic hydroxyl groups is 1. The van der Waals surface area contributed by atoms with E-state index in [9.17, 15) is 14.7 Å². The summed E-state index contributed by atoms with van der Waals surface area (Å²) in [7, 11) is 0. The summed E-state index contributed by atoms with van der Waals surface area (Å²) < 4.78 is 6.73. The van der Waals surface area contributed by atoms with E-state index in [1.54, 1.807) is 6.92 Å². The molecule has 0 aromatic rings. The maximum absolute atomic E-state index is 12.7. The first-order valence-corrected chi connectivity index (χ1v) is 10.8. The Hall–Kier alpha value is -1.26. The van der Waals surface area contributed by atoms with Crippen molar-refractivity contribution in [2.24, 2.45) is 29.1 Å². The van der Waals surface area contributed by atoms with Crippen LogP contribution in [0.2, 0.25) is 0 Å². The first-order valence-electron chi connectivity index (χ1n) is 10.8. The number of ether oxygens (including phenoxy) is 1. The second kappa shape index (κ2) is 6.37. The number of carbonyl (C=O) groups is 2. The molecule has 4 heteroatoms. The van der Waals surface area contributed by atoms with Gasteiger partial charge in [0.15, 0.2) is 0 Å². The van der Waals surface area contributed by atoms with Crippen molar-refractivity contribution in [3.8, 4) is 0 Å². The molecule has 1 N–H and O–H groups in total. The van der Waals surface area contributed by atoms with E-state index in [0.29, 0.717) is 11.5 Å². The maximum atomic E-state index is 12.7. The van der Waals surface area contributed by atoms with Crippen molar-refractivity contribution >= 4 is 12.1 Å². The Morgan fingerprint density at radius 2 is 2.00 bits per heavy atom. The summed E-state index contributed by atoms with van der Waals surface area (Å²) in [5, 5.41) is 11.0. The summed E-state index contributed by atoms with van der Waals surface area (Å²) in [5.41, 5.74) is 0.439. The molecule has 1 heterocycles. The highest BCUT2D eigenvalue weighted by molar-refractivity contribution is 5.94. The van der Waals surface area contributed by atoms with Crippen molar-refractivity contribution in [2.75, 3.05) is 0 Å². The predicted molar refractivity (Wildman–Crippen MR) is 108 cm³/mol. The van der Waals surface area contributed by atoms with Crippen LogP contribution >= 0.6 is 0 Å². The minimum Gasteiger partial charge on any atom is -0.389 e. The van der Waals surface area contributed by atoms with Crippen LogP contribution in [0.4, 0.5) is 0 Å². The van der Waals surface area contributed by atoms with Crippen LogP contribution < -0.4 is 0 Å². The molecule has 1 spiro atoms. The largest absolute Gasteiger partial charge is 0.389 e. The van der Waals surface area contributed by atoms with Gasteiger partial charge in [0.1, 0.15) is 12.1 Å². The van der Waals surface area contributed by atoms with Gasteiger partial charge in [-0.2, -0.15) is 0 Å². The molecule has 2 saturated carbocycles. The summed E-state index contributed by atoms with van der Waals surface area (Å²) in [6.07, 6.45) is 9.14. The van der Waals surface area contributed by atoms with Gasteiger partial charge in [-0.15, -0.1) is 0 Å². The third-order valence-corrected chi connectivity index (χ3v) is 8.29. The minimum atomic E-state index is -1.04. The van der Waals surface area contributed by atoms with Gasteiger partial charge >= 0.3 is 0 Å². The van der Waals surface area contributed by atoms with Crippen molar-refractivity contribution in [3.05, 3.63) is 23.3 Å². The molecule has 1 aliphatic heterocycles. The van der Waals surface area contributed by atoms with E-state index in [1.165, 1.54) is 5.57 Å². The molecule has 0 bridgehead atoms. The first kappa shape index (κ1) is 20.0. The number of Topliss-reactive ketones (excluding diaryl/α,β-unsaturated/α-hetero) is 1. The number of fused-ring (bicyclic) bond motifs is 3. The van der Waals surface area contributed by atoms with Crippen molar-refractivity contribution < 1.29 is 19.4 Å². The fraction of sp³-hybridized carbons (Fsp3) is 0.750.